The summed E-state index contributed by atoms with van der Waals surface area (Å²) in [6, 6.07) is 15.6. The number of nitro benzene ring substituents is 1. The first-order chi connectivity index (χ1) is 16.4. The molecule has 172 valence electrons. The average molecular weight is 460 g/mol. The van der Waals surface area contributed by atoms with Crippen molar-refractivity contribution in [3.63, 3.8) is 0 Å². The van der Waals surface area contributed by atoms with Crippen LogP contribution >= 0.6 is 0 Å². The van der Waals surface area contributed by atoms with Gasteiger partial charge in [0.05, 0.1) is 28.4 Å². The molecule has 0 bridgehead atoms. The molecule has 0 radical (unpaired) electrons. The number of benzene rings is 2. The number of carbonyl (C=O) groups is 3. The molecule has 0 spiro atoms. The molecule has 1 aromatic heterocycles. The monoisotopic (exact) mass is 460 g/mol. The Balaban J connectivity index is 1.48. The van der Waals surface area contributed by atoms with Gasteiger partial charge in [0.25, 0.3) is 17.5 Å². The summed E-state index contributed by atoms with van der Waals surface area (Å²) >= 11 is 0. The van der Waals surface area contributed by atoms with Crippen molar-refractivity contribution in [3.05, 3.63) is 93.8 Å². The highest BCUT2D eigenvalue weighted by atomic mass is 16.6. The molecule has 0 saturated heterocycles. The van der Waals surface area contributed by atoms with Crippen molar-refractivity contribution in [3.8, 4) is 5.75 Å². The Morgan fingerprint density at radius 3 is 2.50 bits per heavy atom. The zero-order valence-corrected chi connectivity index (χ0v) is 18.0. The van der Waals surface area contributed by atoms with Gasteiger partial charge in [0, 0.05) is 25.2 Å². The molecule has 1 N–H and O–H groups in total. The minimum absolute atomic E-state index is 0.0171. The molecule has 0 unspecified atom stereocenters. The van der Waals surface area contributed by atoms with Gasteiger partial charge in [0.15, 0.2) is 0 Å². The summed E-state index contributed by atoms with van der Waals surface area (Å²) in [5.74, 6) is -1.78. The number of imide groups is 1. The third kappa shape index (κ3) is 4.33. The quantitative estimate of drug-likeness (QED) is 0.310. The molecule has 2 aromatic carbocycles. The second kappa shape index (κ2) is 9.49. The highest BCUT2D eigenvalue weighted by Crippen LogP contribution is 2.31. The van der Waals surface area contributed by atoms with E-state index in [9.17, 15) is 29.6 Å². The molecular weight excluding hydrogens is 440 g/mol. The Morgan fingerprint density at radius 2 is 1.79 bits per heavy atom. The maximum Gasteiger partial charge on any atom is 0.282 e. The molecule has 1 aliphatic heterocycles. The summed E-state index contributed by atoms with van der Waals surface area (Å²) in [4.78, 5) is 55.6. The number of fused-ring (bicyclic) bond motifs is 1. The number of para-hydroxylation sites is 2. The van der Waals surface area contributed by atoms with Crippen LogP contribution in [-0.4, -0.2) is 44.2 Å². The van der Waals surface area contributed by atoms with Gasteiger partial charge in [-0.1, -0.05) is 24.3 Å². The molecule has 1 aliphatic rings. The molecule has 3 amide bonds. The van der Waals surface area contributed by atoms with Crippen molar-refractivity contribution in [2.45, 2.75) is 19.4 Å². The van der Waals surface area contributed by atoms with Gasteiger partial charge in [-0.15, -0.1) is 0 Å². The van der Waals surface area contributed by atoms with Crippen molar-refractivity contribution >= 4 is 29.1 Å². The van der Waals surface area contributed by atoms with Crippen molar-refractivity contribution in [2.24, 2.45) is 0 Å². The maximum absolute atomic E-state index is 13.1. The van der Waals surface area contributed by atoms with Crippen LogP contribution < -0.4 is 4.90 Å². The second-order valence-corrected chi connectivity index (χ2v) is 7.61. The van der Waals surface area contributed by atoms with E-state index in [1.54, 1.807) is 42.6 Å². The van der Waals surface area contributed by atoms with Gasteiger partial charge in [-0.3, -0.25) is 34.4 Å². The molecule has 0 aliphatic carbocycles. The number of rotatable bonds is 8. The Bertz CT molecular complexity index is 1280. The molecular formula is C24H20N4O6. The van der Waals surface area contributed by atoms with Crippen molar-refractivity contribution in [1.82, 2.24) is 9.88 Å². The number of hydrogen-bond acceptors (Lipinski definition) is 7. The van der Waals surface area contributed by atoms with E-state index in [2.05, 4.69) is 4.98 Å². The SMILES string of the molecule is O=C1c2cccc([N+](=O)[O-])c2C(=O)N1CCCC(=O)N(Cc1ccccn1)c1ccccc1O. The zero-order valence-electron chi connectivity index (χ0n) is 18.0. The number of phenols is 1. The number of phenolic OH excluding ortho intramolecular Hbond substituents is 1. The zero-order chi connectivity index (χ0) is 24.2. The predicted molar refractivity (Wildman–Crippen MR) is 121 cm³/mol. The Labute approximate surface area is 194 Å². The van der Waals surface area contributed by atoms with E-state index in [0.29, 0.717) is 11.4 Å². The van der Waals surface area contributed by atoms with Crippen LogP contribution in [0.3, 0.4) is 0 Å². The lowest BCUT2D eigenvalue weighted by Crippen LogP contribution is -2.34. The largest absolute Gasteiger partial charge is 0.506 e. The first-order valence-corrected chi connectivity index (χ1v) is 10.5. The fourth-order valence-corrected chi connectivity index (χ4v) is 3.85. The van der Waals surface area contributed by atoms with Crippen LogP contribution in [0.4, 0.5) is 11.4 Å². The molecule has 4 rings (SSSR count). The smallest absolute Gasteiger partial charge is 0.282 e. The molecule has 10 heteroatoms. The molecule has 2 heterocycles. The van der Waals surface area contributed by atoms with Crippen LogP contribution in [0.25, 0.3) is 0 Å². The standard InChI is InChI=1S/C24H20N4O6/c29-20-11-2-1-9-18(20)27(15-16-7-3-4-13-25-16)21(30)12-6-14-26-23(31)17-8-5-10-19(28(33)34)22(17)24(26)32/h1-5,7-11,13,29H,6,12,14-15H2. The molecule has 3 aromatic rings. The number of aromatic nitrogens is 1. The number of amides is 3. The highest BCUT2D eigenvalue weighted by molar-refractivity contribution is 6.23. The van der Waals surface area contributed by atoms with Crippen LogP contribution in [0.2, 0.25) is 0 Å². The van der Waals surface area contributed by atoms with Crippen LogP contribution in [-0.2, 0) is 11.3 Å². The van der Waals surface area contributed by atoms with E-state index >= 15 is 0 Å². The first-order valence-electron chi connectivity index (χ1n) is 10.5. The normalized spacial score (nSPS) is 12.5. The van der Waals surface area contributed by atoms with Crippen molar-refractivity contribution in [2.75, 3.05) is 11.4 Å². The van der Waals surface area contributed by atoms with Gasteiger partial charge in [-0.25, -0.2) is 0 Å². The second-order valence-electron chi connectivity index (χ2n) is 7.61. The Hall–Kier alpha value is -4.60. The third-order valence-electron chi connectivity index (χ3n) is 5.47. The van der Waals surface area contributed by atoms with Gasteiger partial charge in [0.2, 0.25) is 5.91 Å². The van der Waals surface area contributed by atoms with E-state index in [0.717, 1.165) is 4.90 Å². The predicted octanol–water partition coefficient (Wildman–Crippen LogP) is 3.31. The Morgan fingerprint density at radius 1 is 1.03 bits per heavy atom. The van der Waals surface area contributed by atoms with Gasteiger partial charge in [-0.2, -0.15) is 0 Å². The number of nitrogens with zero attached hydrogens (tertiary/aromatic N) is 4. The number of nitro groups is 1. The van der Waals surface area contributed by atoms with E-state index in [4.69, 9.17) is 0 Å². The van der Waals surface area contributed by atoms with Crippen molar-refractivity contribution in [1.29, 1.82) is 0 Å². The minimum Gasteiger partial charge on any atom is -0.506 e. The number of aromatic hydroxyl groups is 1. The van der Waals surface area contributed by atoms with E-state index < -0.39 is 22.4 Å². The summed E-state index contributed by atoms with van der Waals surface area (Å²) in [6.45, 7) is 0.0455. The lowest BCUT2D eigenvalue weighted by Gasteiger charge is -2.24. The number of hydrogen-bond donors (Lipinski definition) is 1. The topological polar surface area (TPSA) is 134 Å². The Kier molecular flexibility index (Phi) is 6.30. The summed E-state index contributed by atoms with van der Waals surface area (Å²) in [5.41, 5.74) is 0.267. The van der Waals surface area contributed by atoms with E-state index in [-0.39, 0.29) is 48.7 Å². The summed E-state index contributed by atoms with van der Waals surface area (Å²) < 4.78 is 0. The number of pyridine rings is 1. The third-order valence-corrected chi connectivity index (χ3v) is 5.47. The number of carbonyl (C=O) groups excluding carboxylic acids is 3. The van der Waals surface area contributed by atoms with Crippen LogP contribution in [0.5, 0.6) is 5.75 Å². The summed E-state index contributed by atoms with van der Waals surface area (Å²) in [7, 11) is 0. The first kappa shape index (κ1) is 22.6. The molecule has 34 heavy (non-hydrogen) atoms. The number of anilines is 1. The lowest BCUT2D eigenvalue weighted by molar-refractivity contribution is -0.385. The van der Waals surface area contributed by atoms with E-state index in [1.165, 1.54) is 29.2 Å². The van der Waals surface area contributed by atoms with Gasteiger partial charge < -0.3 is 10.0 Å². The summed E-state index contributed by atoms with van der Waals surface area (Å²) in [5, 5.41) is 21.5. The molecule has 0 atom stereocenters. The minimum atomic E-state index is -0.745. The van der Waals surface area contributed by atoms with Gasteiger partial charge in [-0.05, 0) is 36.8 Å². The fraction of sp³-hybridized carbons (Fsp3) is 0.167. The van der Waals surface area contributed by atoms with Gasteiger partial charge in [0.1, 0.15) is 11.3 Å². The molecule has 0 saturated carbocycles. The molecule has 0 fully saturated rings. The van der Waals surface area contributed by atoms with Crippen LogP contribution in [0.1, 0.15) is 39.3 Å². The average Bonchev–Trinajstić information content (AvgIpc) is 3.08. The van der Waals surface area contributed by atoms with Crippen LogP contribution in [0.15, 0.2) is 66.9 Å². The maximum atomic E-state index is 13.1. The van der Waals surface area contributed by atoms with E-state index in [1.807, 2.05) is 0 Å². The van der Waals surface area contributed by atoms with Gasteiger partial charge >= 0.3 is 0 Å². The summed E-state index contributed by atoms with van der Waals surface area (Å²) in [6.07, 6.45) is 1.71. The van der Waals surface area contributed by atoms with Crippen LogP contribution in [0, 0.1) is 10.1 Å². The lowest BCUT2D eigenvalue weighted by atomic mass is 10.1. The van der Waals surface area contributed by atoms with Crippen molar-refractivity contribution < 1.29 is 24.4 Å². The molecule has 10 nitrogen and oxygen atoms in total. The fourth-order valence-electron chi connectivity index (χ4n) is 3.85. The highest BCUT2D eigenvalue weighted by Gasteiger charge is 2.40.